The number of terminal acetylenes is 2. The molecule has 0 bridgehead atoms. The largest absolute Gasteiger partial charge is 0.346 e. The van der Waals surface area contributed by atoms with Gasteiger partial charge in [-0.2, -0.15) is 0 Å². The first-order valence-corrected chi connectivity index (χ1v) is 9.80. The van der Waals surface area contributed by atoms with Crippen molar-refractivity contribution in [2.45, 2.75) is 25.4 Å². The SMILES string of the molecule is C#CCNC1CCN(Cc2c[nH]c3ncnc(Nc4cccc(C#C)c4)c23)CC1. The number of aromatic nitrogens is 3. The van der Waals surface area contributed by atoms with Crippen molar-refractivity contribution < 1.29 is 0 Å². The van der Waals surface area contributed by atoms with Crippen LogP contribution in [0.15, 0.2) is 36.8 Å². The van der Waals surface area contributed by atoms with Crippen molar-refractivity contribution in [1.29, 1.82) is 0 Å². The Labute approximate surface area is 171 Å². The molecule has 146 valence electrons. The number of benzene rings is 1. The summed E-state index contributed by atoms with van der Waals surface area (Å²) in [4.78, 5) is 14.6. The first kappa shape index (κ1) is 19.0. The zero-order chi connectivity index (χ0) is 20.1. The summed E-state index contributed by atoms with van der Waals surface area (Å²) in [5.41, 5.74) is 3.76. The van der Waals surface area contributed by atoms with Crippen LogP contribution in [0.5, 0.6) is 0 Å². The standard InChI is InChI=1S/C23H24N6/c1-3-10-24-19-8-11-29(12-9-19)15-18-14-25-22-21(18)23(27-16-26-22)28-20-7-5-6-17(4-2)13-20/h1-2,5-7,13-14,16,19,24H,8-12,15H2,(H2,25,26,27,28). The molecule has 1 saturated heterocycles. The summed E-state index contributed by atoms with van der Waals surface area (Å²) in [5.74, 6) is 6.10. The van der Waals surface area contributed by atoms with Crippen molar-refractivity contribution in [3.63, 3.8) is 0 Å². The van der Waals surface area contributed by atoms with Gasteiger partial charge in [0, 0.05) is 30.0 Å². The number of rotatable bonds is 6. The normalized spacial score (nSPS) is 15.1. The number of likely N-dealkylation sites (tertiary alicyclic amines) is 1. The van der Waals surface area contributed by atoms with Crippen molar-refractivity contribution in [3.8, 4) is 24.7 Å². The quantitative estimate of drug-likeness (QED) is 0.570. The number of anilines is 2. The Morgan fingerprint density at radius 2 is 2.07 bits per heavy atom. The van der Waals surface area contributed by atoms with E-state index in [2.05, 4.69) is 42.3 Å². The smallest absolute Gasteiger partial charge is 0.143 e. The lowest BCUT2D eigenvalue weighted by atomic mass is 10.0. The molecule has 0 aliphatic carbocycles. The summed E-state index contributed by atoms with van der Waals surface area (Å²) in [6, 6.07) is 8.27. The van der Waals surface area contributed by atoms with Crippen LogP contribution in [0.25, 0.3) is 11.0 Å². The molecular weight excluding hydrogens is 360 g/mol. The van der Waals surface area contributed by atoms with Gasteiger partial charge < -0.3 is 15.6 Å². The first-order chi connectivity index (χ1) is 14.3. The van der Waals surface area contributed by atoms with E-state index in [1.807, 2.05) is 30.5 Å². The maximum absolute atomic E-state index is 5.52. The highest BCUT2D eigenvalue weighted by Gasteiger charge is 2.20. The van der Waals surface area contributed by atoms with Crippen LogP contribution in [0.3, 0.4) is 0 Å². The lowest BCUT2D eigenvalue weighted by Crippen LogP contribution is -2.42. The van der Waals surface area contributed by atoms with Gasteiger partial charge in [0.2, 0.25) is 0 Å². The van der Waals surface area contributed by atoms with E-state index in [0.717, 1.165) is 60.6 Å². The number of piperidine rings is 1. The monoisotopic (exact) mass is 384 g/mol. The fraction of sp³-hybridized carbons (Fsp3) is 0.304. The van der Waals surface area contributed by atoms with Gasteiger partial charge in [-0.15, -0.1) is 12.8 Å². The summed E-state index contributed by atoms with van der Waals surface area (Å²) in [6.07, 6.45) is 16.7. The van der Waals surface area contributed by atoms with E-state index in [4.69, 9.17) is 12.8 Å². The van der Waals surface area contributed by atoms with Gasteiger partial charge in [-0.1, -0.05) is 17.9 Å². The van der Waals surface area contributed by atoms with Gasteiger partial charge in [-0.05, 0) is 49.7 Å². The Kier molecular flexibility index (Phi) is 5.76. The summed E-state index contributed by atoms with van der Waals surface area (Å²) in [5, 5.41) is 7.83. The van der Waals surface area contributed by atoms with Crippen LogP contribution in [-0.2, 0) is 6.54 Å². The topological polar surface area (TPSA) is 68.9 Å². The van der Waals surface area contributed by atoms with Gasteiger partial charge in [0.15, 0.2) is 0 Å². The second-order valence-electron chi connectivity index (χ2n) is 7.25. The molecule has 0 atom stereocenters. The third kappa shape index (κ3) is 4.41. The van der Waals surface area contributed by atoms with Crippen molar-refractivity contribution in [2.24, 2.45) is 0 Å². The minimum absolute atomic E-state index is 0.509. The average Bonchev–Trinajstić information content (AvgIpc) is 3.17. The van der Waals surface area contributed by atoms with Crippen molar-refractivity contribution >= 4 is 22.5 Å². The van der Waals surface area contributed by atoms with E-state index in [0.29, 0.717) is 12.6 Å². The fourth-order valence-corrected chi connectivity index (χ4v) is 3.81. The molecular formula is C23H24N6. The minimum Gasteiger partial charge on any atom is -0.346 e. The zero-order valence-electron chi connectivity index (χ0n) is 16.3. The minimum atomic E-state index is 0.509. The van der Waals surface area contributed by atoms with Gasteiger partial charge in [-0.3, -0.25) is 4.90 Å². The van der Waals surface area contributed by atoms with Crippen molar-refractivity contribution in [3.05, 3.63) is 47.9 Å². The molecule has 0 radical (unpaired) electrons. The Morgan fingerprint density at radius 1 is 1.21 bits per heavy atom. The number of hydrogen-bond acceptors (Lipinski definition) is 5. The predicted octanol–water partition coefficient (Wildman–Crippen LogP) is 2.87. The second kappa shape index (κ2) is 8.79. The van der Waals surface area contributed by atoms with E-state index in [1.165, 1.54) is 5.56 Å². The summed E-state index contributed by atoms with van der Waals surface area (Å²) < 4.78 is 0. The van der Waals surface area contributed by atoms with Gasteiger partial charge in [-0.25, -0.2) is 9.97 Å². The van der Waals surface area contributed by atoms with Crippen LogP contribution in [0, 0.1) is 24.7 Å². The molecule has 0 unspecified atom stereocenters. The van der Waals surface area contributed by atoms with Gasteiger partial charge in [0.25, 0.3) is 0 Å². The molecule has 1 aliphatic rings. The molecule has 6 nitrogen and oxygen atoms in total. The summed E-state index contributed by atoms with van der Waals surface area (Å²) >= 11 is 0. The second-order valence-corrected chi connectivity index (χ2v) is 7.25. The van der Waals surface area contributed by atoms with Gasteiger partial charge >= 0.3 is 0 Å². The highest BCUT2D eigenvalue weighted by atomic mass is 15.1. The number of nitrogens with one attached hydrogen (secondary N) is 3. The highest BCUT2D eigenvalue weighted by Crippen LogP contribution is 2.28. The number of nitrogens with zero attached hydrogens (tertiary/aromatic N) is 3. The molecule has 6 heteroatoms. The Hall–Kier alpha value is -3.32. The number of hydrogen-bond donors (Lipinski definition) is 3. The Balaban J connectivity index is 1.51. The fourth-order valence-electron chi connectivity index (χ4n) is 3.81. The van der Waals surface area contributed by atoms with Gasteiger partial charge in [0.1, 0.15) is 17.8 Å². The molecule has 1 fully saturated rings. The van der Waals surface area contributed by atoms with E-state index in [9.17, 15) is 0 Å². The third-order valence-electron chi connectivity index (χ3n) is 5.32. The molecule has 1 aliphatic heterocycles. The van der Waals surface area contributed by atoms with Crippen LogP contribution in [0.2, 0.25) is 0 Å². The molecule has 0 spiro atoms. The lowest BCUT2D eigenvalue weighted by molar-refractivity contribution is 0.193. The van der Waals surface area contributed by atoms with Gasteiger partial charge in [0.05, 0.1) is 11.9 Å². The van der Waals surface area contributed by atoms with E-state index >= 15 is 0 Å². The van der Waals surface area contributed by atoms with Crippen LogP contribution < -0.4 is 10.6 Å². The molecule has 1 aromatic carbocycles. The molecule has 29 heavy (non-hydrogen) atoms. The van der Waals surface area contributed by atoms with E-state index in [-0.39, 0.29) is 0 Å². The maximum Gasteiger partial charge on any atom is 0.143 e. The predicted molar refractivity (Wildman–Crippen MR) is 117 cm³/mol. The average molecular weight is 384 g/mol. The molecule has 3 aromatic rings. The highest BCUT2D eigenvalue weighted by molar-refractivity contribution is 5.92. The number of H-pyrrole nitrogens is 1. The first-order valence-electron chi connectivity index (χ1n) is 9.80. The third-order valence-corrected chi connectivity index (χ3v) is 5.32. The lowest BCUT2D eigenvalue weighted by Gasteiger charge is -2.32. The number of aromatic amines is 1. The van der Waals surface area contributed by atoms with Crippen molar-refractivity contribution in [2.75, 3.05) is 25.0 Å². The molecule has 0 saturated carbocycles. The number of fused-ring (bicyclic) bond motifs is 1. The maximum atomic E-state index is 5.52. The Morgan fingerprint density at radius 3 is 2.86 bits per heavy atom. The Bertz CT molecular complexity index is 1060. The van der Waals surface area contributed by atoms with Crippen LogP contribution in [-0.4, -0.2) is 45.5 Å². The van der Waals surface area contributed by atoms with Crippen molar-refractivity contribution in [1.82, 2.24) is 25.2 Å². The summed E-state index contributed by atoms with van der Waals surface area (Å²) in [6.45, 7) is 3.57. The molecule has 3 heterocycles. The van der Waals surface area contributed by atoms with E-state index < -0.39 is 0 Å². The molecule has 3 N–H and O–H groups in total. The van der Waals surface area contributed by atoms with Crippen LogP contribution in [0.1, 0.15) is 24.0 Å². The molecule has 2 aromatic heterocycles. The molecule has 0 amide bonds. The molecule has 4 rings (SSSR count). The zero-order valence-corrected chi connectivity index (χ0v) is 16.3. The van der Waals surface area contributed by atoms with Crippen LogP contribution in [0.4, 0.5) is 11.5 Å². The summed E-state index contributed by atoms with van der Waals surface area (Å²) in [7, 11) is 0. The van der Waals surface area contributed by atoms with E-state index in [1.54, 1.807) is 6.33 Å². The van der Waals surface area contributed by atoms with Crippen LogP contribution >= 0.6 is 0 Å².